The first-order valence-electron chi connectivity index (χ1n) is 8.48. The highest BCUT2D eigenvalue weighted by Crippen LogP contribution is 2.32. The molecular weight excluding hydrogens is 304 g/mol. The molecule has 1 saturated heterocycles. The number of aromatic nitrogens is 2. The molecule has 0 aliphatic carbocycles. The van der Waals surface area contributed by atoms with Crippen molar-refractivity contribution in [1.29, 1.82) is 0 Å². The molecular formula is C18H22N4O2. The maximum Gasteiger partial charge on any atom is 0.231 e. The van der Waals surface area contributed by atoms with Crippen LogP contribution in [0.25, 0.3) is 0 Å². The third-order valence-corrected chi connectivity index (χ3v) is 4.64. The molecule has 126 valence electrons. The minimum atomic E-state index is 0.297. The van der Waals surface area contributed by atoms with E-state index in [-0.39, 0.29) is 0 Å². The van der Waals surface area contributed by atoms with Gasteiger partial charge in [-0.3, -0.25) is 0 Å². The van der Waals surface area contributed by atoms with Crippen molar-refractivity contribution in [2.45, 2.75) is 26.3 Å². The lowest BCUT2D eigenvalue weighted by atomic mass is 9.99. The van der Waals surface area contributed by atoms with E-state index in [4.69, 9.17) is 9.47 Å². The maximum absolute atomic E-state index is 5.41. The summed E-state index contributed by atoms with van der Waals surface area (Å²) in [7, 11) is 0. The number of hydrogen-bond donors (Lipinski definition) is 1. The van der Waals surface area contributed by atoms with Crippen LogP contribution in [0.5, 0.6) is 11.5 Å². The Balaban J connectivity index is 1.41. The Morgan fingerprint density at radius 2 is 2.00 bits per heavy atom. The Kier molecular flexibility index (Phi) is 4.11. The normalized spacial score (nSPS) is 17.1. The summed E-state index contributed by atoms with van der Waals surface area (Å²) in [4.78, 5) is 11.3. The molecule has 24 heavy (non-hydrogen) atoms. The van der Waals surface area contributed by atoms with Gasteiger partial charge in [-0.2, -0.15) is 4.98 Å². The second-order valence-electron chi connectivity index (χ2n) is 6.45. The summed E-state index contributed by atoms with van der Waals surface area (Å²) in [6, 6.07) is 7.94. The fourth-order valence-corrected chi connectivity index (χ4v) is 3.08. The number of benzene rings is 1. The van der Waals surface area contributed by atoms with E-state index in [1.165, 1.54) is 12.8 Å². The summed E-state index contributed by atoms with van der Waals surface area (Å²) >= 11 is 0. The molecule has 0 amide bonds. The zero-order chi connectivity index (χ0) is 16.4. The van der Waals surface area contributed by atoms with E-state index in [1.54, 1.807) is 0 Å². The van der Waals surface area contributed by atoms with E-state index in [9.17, 15) is 0 Å². The van der Waals surface area contributed by atoms with Crippen molar-refractivity contribution in [3.8, 4) is 11.5 Å². The highest BCUT2D eigenvalue weighted by Gasteiger charge is 2.17. The first-order valence-corrected chi connectivity index (χ1v) is 8.48. The SMILES string of the molecule is CC1CCN(c2ccnc(NCc3ccc4c(c3)OCO4)n2)CC1. The van der Waals surface area contributed by atoms with Gasteiger partial charge in [0.25, 0.3) is 0 Å². The Morgan fingerprint density at radius 1 is 1.17 bits per heavy atom. The van der Waals surface area contributed by atoms with Crippen molar-refractivity contribution in [2.75, 3.05) is 30.1 Å². The van der Waals surface area contributed by atoms with E-state index in [0.29, 0.717) is 19.3 Å². The quantitative estimate of drug-likeness (QED) is 0.932. The van der Waals surface area contributed by atoms with Crippen LogP contribution in [-0.2, 0) is 6.54 Å². The molecule has 2 aromatic rings. The average Bonchev–Trinajstić information content (AvgIpc) is 3.08. The third kappa shape index (κ3) is 3.22. The van der Waals surface area contributed by atoms with Gasteiger partial charge < -0.3 is 19.7 Å². The van der Waals surface area contributed by atoms with Gasteiger partial charge in [0.15, 0.2) is 11.5 Å². The third-order valence-electron chi connectivity index (χ3n) is 4.64. The minimum Gasteiger partial charge on any atom is -0.454 e. The number of fused-ring (bicyclic) bond motifs is 1. The molecule has 0 spiro atoms. The summed E-state index contributed by atoms with van der Waals surface area (Å²) < 4.78 is 10.7. The molecule has 0 saturated carbocycles. The molecule has 0 bridgehead atoms. The first-order chi connectivity index (χ1) is 11.8. The maximum atomic E-state index is 5.41. The number of rotatable bonds is 4. The fourth-order valence-electron chi connectivity index (χ4n) is 3.08. The van der Waals surface area contributed by atoms with E-state index < -0.39 is 0 Å². The van der Waals surface area contributed by atoms with Crippen molar-refractivity contribution in [1.82, 2.24) is 9.97 Å². The summed E-state index contributed by atoms with van der Waals surface area (Å²) in [6.07, 6.45) is 4.27. The van der Waals surface area contributed by atoms with Gasteiger partial charge in [-0.15, -0.1) is 0 Å². The van der Waals surface area contributed by atoms with E-state index in [1.807, 2.05) is 30.5 Å². The first kappa shape index (κ1) is 15.1. The van der Waals surface area contributed by atoms with Crippen molar-refractivity contribution in [3.05, 3.63) is 36.0 Å². The van der Waals surface area contributed by atoms with Crippen molar-refractivity contribution in [2.24, 2.45) is 5.92 Å². The monoisotopic (exact) mass is 326 g/mol. The lowest BCUT2D eigenvalue weighted by Crippen LogP contribution is -2.33. The lowest BCUT2D eigenvalue weighted by Gasteiger charge is -2.31. The van der Waals surface area contributed by atoms with Crippen LogP contribution in [0.4, 0.5) is 11.8 Å². The van der Waals surface area contributed by atoms with E-state index >= 15 is 0 Å². The standard InChI is InChI=1S/C18H22N4O2/c1-13-5-8-22(9-6-13)17-4-7-19-18(21-17)20-11-14-2-3-15-16(10-14)24-12-23-15/h2-4,7,10,13H,5-6,8-9,11-12H2,1H3,(H,19,20,21). The molecule has 1 aromatic heterocycles. The van der Waals surface area contributed by atoms with Crippen LogP contribution in [0, 0.1) is 5.92 Å². The molecule has 6 heteroatoms. The molecule has 2 aliphatic rings. The predicted molar refractivity (Wildman–Crippen MR) is 92.5 cm³/mol. The topological polar surface area (TPSA) is 59.5 Å². The van der Waals surface area contributed by atoms with Crippen LogP contribution >= 0.6 is 0 Å². The Morgan fingerprint density at radius 3 is 2.88 bits per heavy atom. The van der Waals surface area contributed by atoms with Crippen LogP contribution in [0.15, 0.2) is 30.5 Å². The number of nitrogens with zero attached hydrogens (tertiary/aromatic N) is 3. The Bertz CT molecular complexity index is 714. The summed E-state index contributed by atoms with van der Waals surface area (Å²) in [6.45, 7) is 5.40. The molecule has 1 aromatic carbocycles. The Hall–Kier alpha value is -2.50. The van der Waals surface area contributed by atoms with Gasteiger partial charge in [0.1, 0.15) is 5.82 Å². The number of ether oxygens (including phenoxy) is 2. The summed E-state index contributed by atoms with van der Waals surface area (Å²) in [5, 5.41) is 3.30. The molecule has 6 nitrogen and oxygen atoms in total. The predicted octanol–water partition coefficient (Wildman–Crippen LogP) is 3.05. The average molecular weight is 326 g/mol. The zero-order valence-electron chi connectivity index (χ0n) is 13.9. The molecule has 0 unspecified atom stereocenters. The molecule has 1 fully saturated rings. The second-order valence-corrected chi connectivity index (χ2v) is 6.45. The van der Waals surface area contributed by atoms with Crippen molar-refractivity contribution in [3.63, 3.8) is 0 Å². The van der Waals surface area contributed by atoms with Crippen LogP contribution in [0.2, 0.25) is 0 Å². The largest absolute Gasteiger partial charge is 0.454 e. The van der Waals surface area contributed by atoms with Gasteiger partial charge in [0, 0.05) is 25.8 Å². The summed E-state index contributed by atoms with van der Waals surface area (Å²) in [5.74, 6) is 4.07. The van der Waals surface area contributed by atoms with Crippen LogP contribution in [0.1, 0.15) is 25.3 Å². The highest BCUT2D eigenvalue weighted by molar-refractivity contribution is 5.46. The van der Waals surface area contributed by atoms with Crippen LogP contribution < -0.4 is 19.7 Å². The summed E-state index contributed by atoms with van der Waals surface area (Å²) in [5.41, 5.74) is 1.11. The number of nitrogens with one attached hydrogen (secondary N) is 1. The minimum absolute atomic E-state index is 0.297. The van der Waals surface area contributed by atoms with E-state index in [0.717, 1.165) is 41.9 Å². The second kappa shape index (κ2) is 6.55. The van der Waals surface area contributed by atoms with Gasteiger partial charge in [-0.1, -0.05) is 13.0 Å². The van der Waals surface area contributed by atoms with Crippen LogP contribution in [0.3, 0.4) is 0 Å². The van der Waals surface area contributed by atoms with Gasteiger partial charge in [-0.05, 0) is 42.5 Å². The molecule has 0 radical (unpaired) electrons. The van der Waals surface area contributed by atoms with Gasteiger partial charge in [0.05, 0.1) is 0 Å². The molecule has 4 rings (SSSR count). The number of anilines is 2. The van der Waals surface area contributed by atoms with Gasteiger partial charge in [0.2, 0.25) is 12.7 Å². The molecule has 3 heterocycles. The lowest BCUT2D eigenvalue weighted by molar-refractivity contribution is 0.174. The van der Waals surface area contributed by atoms with Gasteiger partial charge >= 0.3 is 0 Å². The Labute approximate surface area is 141 Å². The smallest absolute Gasteiger partial charge is 0.231 e. The van der Waals surface area contributed by atoms with Crippen molar-refractivity contribution >= 4 is 11.8 Å². The molecule has 2 aliphatic heterocycles. The van der Waals surface area contributed by atoms with E-state index in [2.05, 4.69) is 27.1 Å². The molecule has 1 N–H and O–H groups in total. The van der Waals surface area contributed by atoms with Crippen molar-refractivity contribution < 1.29 is 9.47 Å². The molecule has 0 atom stereocenters. The zero-order valence-corrected chi connectivity index (χ0v) is 13.9. The number of piperidine rings is 1. The van der Waals surface area contributed by atoms with Crippen LogP contribution in [-0.4, -0.2) is 29.9 Å². The number of hydrogen-bond acceptors (Lipinski definition) is 6. The highest BCUT2D eigenvalue weighted by atomic mass is 16.7. The fraction of sp³-hybridized carbons (Fsp3) is 0.444. The van der Waals surface area contributed by atoms with Gasteiger partial charge in [-0.25, -0.2) is 4.98 Å².